The summed E-state index contributed by atoms with van der Waals surface area (Å²) in [6.45, 7) is 3.17. The van der Waals surface area contributed by atoms with Crippen molar-refractivity contribution in [3.05, 3.63) is 107 Å². The quantitative estimate of drug-likeness (QED) is 0.264. The molecule has 6 nitrogen and oxygen atoms in total. The highest BCUT2D eigenvalue weighted by Gasteiger charge is 2.25. The van der Waals surface area contributed by atoms with Crippen LogP contribution in [0, 0.1) is 5.92 Å². The Kier molecular flexibility index (Phi) is 12.1. The first kappa shape index (κ1) is 28.5. The summed E-state index contributed by atoms with van der Waals surface area (Å²) < 4.78 is 10.1. The second kappa shape index (κ2) is 15.3. The van der Waals surface area contributed by atoms with Gasteiger partial charge in [-0.1, -0.05) is 84.4 Å². The monoisotopic (exact) mass is 508 g/mol. The second-order valence-corrected chi connectivity index (χ2v) is 8.55. The lowest BCUT2D eigenvalue weighted by Crippen LogP contribution is -2.26. The van der Waals surface area contributed by atoms with E-state index in [-0.39, 0.29) is 31.2 Å². The molecule has 36 heavy (non-hydrogen) atoms. The van der Waals surface area contributed by atoms with Gasteiger partial charge in [0.25, 0.3) is 0 Å². The van der Waals surface area contributed by atoms with Crippen LogP contribution in [0.3, 0.4) is 0 Å². The van der Waals surface area contributed by atoms with Crippen molar-refractivity contribution in [2.75, 3.05) is 0 Å². The van der Waals surface area contributed by atoms with Crippen molar-refractivity contribution in [2.24, 2.45) is 5.92 Å². The number of benzene rings is 3. The molecule has 0 saturated heterocycles. The van der Waals surface area contributed by atoms with Crippen molar-refractivity contribution in [1.29, 1.82) is 0 Å². The van der Waals surface area contributed by atoms with Crippen LogP contribution in [0.2, 0.25) is 5.02 Å². The lowest BCUT2D eigenvalue weighted by molar-refractivity contribution is -0.153. The van der Waals surface area contributed by atoms with E-state index < -0.39 is 17.9 Å². The molecule has 0 heterocycles. The zero-order valence-corrected chi connectivity index (χ0v) is 21.1. The first-order valence-electron chi connectivity index (χ1n) is 11.4. The predicted octanol–water partition coefficient (Wildman–Crippen LogP) is 5.54. The van der Waals surface area contributed by atoms with Gasteiger partial charge in [0, 0.05) is 5.02 Å². The summed E-state index contributed by atoms with van der Waals surface area (Å²) in [6, 6.07) is 25.8. The fourth-order valence-electron chi connectivity index (χ4n) is 3.07. The van der Waals surface area contributed by atoms with Crippen molar-refractivity contribution < 1.29 is 28.7 Å². The molecular formula is C29H29ClO6. The minimum Gasteiger partial charge on any atom is -0.460 e. The summed E-state index contributed by atoms with van der Waals surface area (Å²) >= 11 is 5.83. The van der Waals surface area contributed by atoms with E-state index in [1.54, 1.807) is 12.1 Å². The number of hydrogen-bond acceptors (Lipinski definition) is 6. The molecule has 0 N–H and O–H groups in total. The van der Waals surface area contributed by atoms with Gasteiger partial charge in [-0.05, 0) is 49.1 Å². The molecule has 3 aromatic carbocycles. The predicted molar refractivity (Wildman–Crippen MR) is 137 cm³/mol. The number of ether oxygens (including phenoxy) is 2. The molecule has 0 radical (unpaired) electrons. The normalized spacial score (nSPS) is 10.9. The number of halogens is 1. The van der Waals surface area contributed by atoms with Crippen LogP contribution in [0.15, 0.2) is 84.9 Å². The van der Waals surface area contributed by atoms with E-state index in [0.29, 0.717) is 11.4 Å². The van der Waals surface area contributed by atoms with E-state index in [2.05, 4.69) is 0 Å². The molecule has 1 atom stereocenters. The van der Waals surface area contributed by atoms with Gasteiger partial charge in [0.05, 0.1) is 0 Å². The van der Waals surface area contributed by atoms with Crippen LogP contribution in [0.25, 0.3) is 0 Å². The molecule has 0 amide bonds. The first-order chi connectivity index (χ1) is 17.2. The molecule has 0 saturated carbocycles. The highest BCUT2D eigenvalue weighted by Crippen LogP contribution is 2.16. The molecule has 0 spiro atoms. The molecule has 0 aliphatic rings. The molecule has 3 rings (SSSR count). The fourth-order valence-corrected chi connectivity index (χ4v) is 3.20. The van der Waals surface area contributed by atoms with E-state index in [1.165, 1.54) is 13.8 Å². The zero-order chi connectivity index (χ0) is 26.3. The summed E-state index contributed by atoms with van der Waals surface area (Å²) in [7, 11) is 0. The van der Waals surface area contributed by atoms with E-state index in [0.717, 1.165) is 16.7 Å². The third-order valence-electron chi connectivity index (χ3n) is 4.99. The van der Waals surface area contributed by atoms with Crippen molar-refractivity contribution >= 4 is 35.1 Å². The summed E-state index contributed by atoms with van der Waals surface area (Å²) in [6.07, 6.45) is 0.174. The Hall–Kier alpha value is -3.77. The third-order valence-corrected chi connectivity index (χ3v) is 5.24. The van der Waals surface area contributed by atoms with Gasteiger partial charge in [-0.25, -0.2) is 0 Å². The van der Waals surface area contributed by atoms with Gasteiger partial charge in [-0.15, -0.1) is 0 Å². The van der Waals surface area contributed by atoms with Gasteiger partial charge in [0.2, 0.25) is 0 Å². The maximum Gasteiger partial charge on any atom is 0.317 e. The summed E-state index contributed by atoms with van der Waals surface area (Å²) in [4.78, 5) is 45.4. The lowest BCUT2D eigenvalue weighted by atomic mass is 9.96. The molecule has 1 unspecified atom stereocenters. The van der Waals surface area contributed by atoms with Gasteiger partial charge < -0.3 is 9.47 Å². The number of ketones is 2. The molecule has 0 bridgehead atoms. The van der Waals surface area contributed by atoms with Crippen molar-refractivity contribution in [3.8, 4) is 0 Å². The van der Waals surface area contributed by atoms with Gasteiger partial charge in [-0.2, -0.15) is 0 Å². The third kappa shape index (κ3) is 11.1. The van der Waals surface area contributed by atoms with Gasteiger partial charge >= 0.3 is 11.9 Å². The first-order valence-corrected chi connectivity index (χ1v) is 11.8. The Bertz CT molecular complexity index is 1130. The SMILES string of the molecule is CC(=O)C(Cc1ccc(Cl)cc1)C(=O)OCc1ccccc1.CC(=O)CC(=O)OCc1ccccc1. The maximum absolute atomic E-state index is 12.2. The number of carbonyl (C=O) groups excluding carboxylic acids is 4. The van der Waals surface area contributed by atoms with Crippen LogP contribution in [0.1, 0.15) is 37.0 Å². The average Bonchev–Trinajstić information content (AvgIpc) is 2.87. The number of esters is 2. The highest BCUT2D eigenvalue weighted by atomic mass is 35.5. The van der Waals surface area contributed by atoms with Crippen LogP contribution in [-0.4, -0.2) is 23.5 Å². The van der Waals surface area contributed by atoms with Crippen molar-refractivity contribution in [1.82, 2.24) is 0 Å². The van der Waals surface area contributed by atoms with Gasteiger partial charge in [0.15, 0.2) is 0 Å². The summed E-state index contributed by atoms with van der Waals surface area (Å²) in [5.41, 5.74) is 2.69. The van der Waals surface area contributed by atoms with Crippen LogP contribution in [0.5, 0.6) is 0 Å². The number of hydrogen-bond donors (Lipinski definition) is 0. The Balaban J connectivity index is 0.000000281. The largest absolute Gasteiger partial charge is 0.460 e. The Morgan fingerprint density at radius 1 is 0.694 bits per heavy atom. The van der Waals surface area contributed by atoms with Gasteiger partial charge in [0.1, 0.15) is 37.1 Å². The van der Waals surface area contributed by atoms with Crippen LogP contribution >= 0.6 is 11.6 Å². The summed E-state index contributed by atoms with van der Waals surface area (Å²) in [5, 5.41) is 0.620. The standard InChI is InChI=1S/C18H17ClO3.C11H12O3/c1-13(20)17(11-14-7-9-16(19)10-8-14)18(21)22-12-15-5-3-2-4-6-15;1-9(12)7-11(13)14-8-10-5-3-2-4-6-10/h2-10,17H,11-12H2,1H3;2-6H,7-8H2,1H3. The van der Waals surface area contributed by atoms with Crippen molar-refractivity contribution in [2.45, 2.75) is 39.9 Å². The number of rotatable bonds is 10. The Morgan fingerprint density at radius 3 is 1.67 bits per heavy atom. The molecule has 3 aromatic rings. The lowest BCUT2D eigenvalue weighted by Gasteiger charge is -2.13. The van der Waals surface area contributed by atoms with Crippen LogP contribution in [-0.2, 0) is 48.3 Å². The molecule has 0 fully saturated rings. The molecule has 0 aliphatic carbocycles. The second-order valence-electron chi connectivity index (χ2n) is 8.11. The zero-order valence-electron chi connectivity index (χ0n) is 20.3. The van der Waals surface area contributed by atoms with Crippen molar-refractivity contribution in [3.63, 3.8) is 0 Å². The molecule has 0 aliphatic heterocycles. The topological polar surface area (TPSA) is 86.7 Å². The average molecular weight is 509 g/mol. The Morgan fingerprint density at radius 2 is 1.19 bits per heavy atom. The smallest absolute Gasteiger partial charge is 0.317 e. The van der Waals surface area contributed by atoms with Crippen LogP contribution in [0.4, 0.5) is 0 Å². The molecule has 188 valence electrons. The molecule has 0 aromatic heterocycles. The fraction of sp³-hybridized carbons (Fsp3) is 0.241. The number of carbonyl (C=O) groups is 4. The number of Topliss-reactive ketones (excluding diaryl/α,β-unsaturated/α-hetero) is 2. The Labute approximate surface area is 216 Å². The van der Waals surface area contributed by atoms with E-state index in [9.17, 15) is 19.2 Å². The van der Waals surface area contributed by atoms with E-state index >= 15 is 0 Å². The molecular weight excluding hydrogens is 480 g/mol. The van der Waals surface area contributed by atoms with E-state index in [1.807, 2.05) is 72.8 Å². The minimum absolute atomic E-state index is 0.146. The van der Waals surface area contributed by atoms with E-state index in [4.69, 9.17) is 21.1 Å². The maximum atomic E-state index is 12.2. The van der Waals surface area contributed by atoms with Gasteiger partial charge in [-0.3, -0.25) is 19.2 Å². The highest BCUT2D eigenvalue weighted by molar-refractivity contribution is 6.30. The van der Waals surface area contributed by atoms with Crippen LogP contribution < -0.4 is 0 Å². The molecule has 7 heteroatoms. The minimum atomic E-state index is -0.787. The summed E-state index contributed by atoms with van der Waals surface area (Å²) in [5.74, 6) is -2.13.